The average Bonchev–Trinajstić information content (AvgIpc) is 3.08. The molecule has 4 rings (SSSR count). The number of benzene rings is 4. The SMILES string of the molecule is COc1cccc(/C=C/C(=O)c2ccc(OCCCCCCOc3ccc(C(=O)/C=C/c4cccc(OC)c4)cc3)cc2)c1. The number of rotatable bonds is 17. The van der Waals surface area contributed by atoms with Crippen molar-refractivity contribution in [1.29, 1.82) is 0 Å². The maximum absolute atomic E-state index is 12.5. The molecule has 0 heterocycles. The Bertz CT molecular complexity index is 1430. The van der Waals surface area contributed by atoms with Crippen molar-refractivity contribution in [2.75, 3.05) is 27.4 Å². The Balaban J connectivity index is 1.08. The van der Waals surface area contributed by atoms with Crippen molar-refractivity contribution >= 4 is 23.7 Å². The zero-order valence-corrected chi connectivity index (χ0v) is 25.2. The van der Waals surface area contributed by atoms with Crippen LogP contribution in [0.15, 0.2) is 109 Å². The monoisotopic (exact) mass is 590 g/mol. The van der Waals surface area contributed by atoms with E-state index in [9.17, 15) is 9.59 Å². The molecule has 0 aromatic heterocycles. The molecule has 44 heavy (non-hydrogen) atoms. The first-order chi connectivity index (χ1) is 21.5. The van der Waals surface area contributed by atoms with Gasteiger partial charge in [-0.15, -0.1) is 0 Å². The highest BCUT2D eigenvalue weighted by atomic mass is 16.5. The Labute approximate surface area is 259 Å². The summed E-state index contributed by atoms with van der Waals surface area (Å²) >= 11 is 0. The average molecular weight is 591 g/mol. The Morgan fingerprint density at radius 1 is 0.523 bits per heavy atom. The fourth-order valence-electron chi connectivity index (χ4n) is 4.40. The van der Waals surface area contributed by atoms with Crippen molar-refractivity contribution in [2.45, 2.75) is 25.7 Å². The molecule has 0 bridgehead atoms. The van der Waals surface area contributed by atoms with E-state index in [-0.39, 0.29) is 11.6 Å². The second-order valence-corrected chi connectivity index (χ2v) is 10.1. The molecule has 0 atom stereocenters. The van der Waals surface area contributed by atoms with Crippen LogP contribution >= 0.6 is 0 Å². The van der Waals surface area contributed by atoms with Crippen LogP contribution in [0, 0.1) is 0 Å². The third-order valence-electron chi connectivity index (χ3n) is 6.90. The summed E-state index contributed by atoms with van der Waals surface area (Å²) in [7, 11) is 3.24. The van der Waals surface area contributed by atoms with Crippen molar-refractivity contribution < 1.29 is 28.5 Å². The number of allylic oxidation sites excluding steroid dienone is 2. The second-order valence-electron chi connectivity index (χ2n) is 10.1. The van der Waals surface area contributed by atoms with Gasteiger partial charge in [-0.1, -0.05) is 36.4 Å². The maximum atomic E-state index is 12.5. The summed E-state index contributed by atoms with van der Waals surface area (Å²) in [6.07, 6.45) is 10.6. The molecule has 0 fully saturated rings. The van der Waals surface area contributed by atoms with E-state index in [4.69, 9.17) is 18.9 Å². The fourth-order valence-corrected chi connectivity index (χ4v) is 4.40. The predicted molar refractivity (Wildman–Crippen MR) is 175 cm³/mol. The van der Waals surface area contributed by atoms with Crippen molar-refractivity contribution in [3.63, 3.8) is 0 Å². The highest BCUT2D eigenvalue weighted by Crippen LogP contribution is 2.18. The van der Waals surface area contributed by atoms with E-state index >= 15 is 0 Å². The highest BCUT2D eigenvalue weighted by molar-refractivity contribution is 6.07. The lowest BCUT2D eigenvalue weighted by Gasteiger charge is -2.08. The number of ether oxygens (including phenoxy) is 4. The molecule has 6 heteroatoms. The van der Waals surface area contributed by atoms with Crippen molar-refractivity contribution in [1.82, 2.24) is 0 Å². The minimum atomic E-state index is -0.0660. The Kier molecular flexibility index (Phi) is 12.4. The number of unbranched alkanes of at least 4 members (excludes halogenated alkanes) is 3. The van der Waals surface area contributed by atoms with Crippen LogP contribution in [0.2, 0.25) is 0 Å². The highest BCUT2D eigenvalue weighted by Gasteiger charge is 2.05. The van der Waals surface area contributed by atoms with E-state index in [1.165, 1.54) is 0 Å². The van der Waals surface area contributed by atoms with Crippen LogP contribution in [0.25, 0.3) is 12.2 Å². The molecule has 4 aromatic rings. The second kappa shape index (κ2) is 17.1. The summed E-state index contributed by atoms with van der Waals surface area (Å²) in [5.41, 5.74) is 3.03. The number of carbonyl (C=O) groups excluding carboxylic acids is 2. The molecule has 0 aliphatic heterocycles. The van der Waals surface area contributed by atoms with Gasteiger partial charge in [0.2, 0.25) is 0 Å². The molecule has 0 radical (unpaired) electrons. The van der Waals surface area contributed by atoms with Gasteiger partial charge in [0.25, 0.3) is 0 Å². The van der Waals surface area contributed by atoms with Gasteiger partial charge in [0, 0.05) is 11.1 Å². The Morgan fingerprint density at radius 2 is 0.932 bits per heavy atom. The van der Waals surface area contributed by atoms with Crippen molar-refractivity contribution in [3.8, 4) is 23.0 Å². The third-order valence-corrected chi connectivity index (χ3v) is 6.90. The molecule has 0 N–H and O–H groups in total. The lowest BCUT2D eigenvalue weighted by Crippen LogP contribution is -2.01. The molecule has 0 aliphatic carbocycles. The first kappa shape index (κ1) is 31.8. The Morgan fingerprint density at radius 3 is 1.32 bits per heavy atom. The minimum Gasteiger partial charge on any atom is -0.497 e. The van der Waals surface area contributed by atoms with Crippen LogP contribution in [0.1, 0.15) is 57.5 Å². The molecule has 0 unspecified atom stereocenters. The molecule has 0 aliphatic rings. The van der Waals surface area contributed by atoms with E-state index in [1.54, 1.807) is 62.8 Å². The van der Waals surface area contributed by atoms with Crippen LogP contribution < -0.4 is 18.9 Å². The number of hydrogen-bond acceptors (Lipinski definition) is 6. The van der Waals surface area contributed by atoms with E-state index in [0.717, 1.165) is 59.8 Å². The zero-order valence-electron chi connectivity index (χ0n) is 25.2. The number of ketones is 2. The fraction of sp³-hybridized carbons (Fsp3) is 0.211. The van der Waals surface area contributed by atoms with Crippen LogP contribution in [-0.4, -0.2) is 39.0 Å². The molecular formula is C38H38O6. The lowest BCUT2D eigenvalue weighted by molar-refractivity contribution is 0.103. The van der Waals surface area contributed by atoms with Gasteiger partial charge in [-0.3, -0.25) is 9.59 Å². The van der Waals surface area contributed by atoms with Crippen molar-refractivity contribution in [2.24, 2.45) is 0 Å². The largest absolute Gasteiger partial charge is 0.497 e. The minimum absolute atomic E-state index is 0.0660. The smallest absolute Gasteiger partial charge is 0.185 e. The van der Waals surface area contributed by atoms with Crippen LogP contribution in [-0.2, 0) is 0 Å². The van der Waals surface area contributed by atoms with E-state index in [1.807, 2.05) is 72.8 Å². The molecule has 226 valence electrons. The quantitative estimate of drug-likeness (QED) is 0.0697. The molecule has 0 saturated heterocycles. The van der Waals surface area contributed by atoms with Gasteiger partial charge in [0.1, 0.15) is 23.0 Å². The first-order valence-corrected chi connectivity index (χ1v) is 14.7. The molecule has 0 saturated carbocycles. The Hall–Kier alpha value is -5.10. The topological polar surface area (TPSA) is 71.1 Å². The van der Waals surface area contributed by atoms with E-state index < -0.39 is 0 Å². The number of methoxy groups -OCH3 is 2. The van der Waals surface area contributed by atoms with Gasteiger partial charge in [0.15, 0.2) is 11.6 Å². The van der Waals surface area contributed by atoms with Crippen LogP contribution in [0.3, 0.4) is 0 Å². The van der Waals surface area contributed by atoms with E-state index in [2.05, 4.69) is 0 Å². The van der Waals surface area contributed by atoms with Gasteiger partial charge in [0.05, 0.1) is 27.4 Å². The number of carbonyl (C=O) groups is 2. The van der Waals surface area contributed by atoms with Gasteiger partial charge < -0.3 is 18.9 Å². The molecular weight excluding hydrogens is 552 g/mol. The molecule has 6 nitrogen and oxygen atoms in total. The van der Waals surface area contributed by atoms with Crippen LogP contribution in [0.4, 0.5) is 0 Å². The van der Waals surface area contributed by atoms with Crippen LogP contribution in [0.5, 0.6) is 23.0 Å². The van der Waals surface area contributed by atoms with Gasteiger partial charge in [-0.05, 0) is 122 Å². The summed E-state index contributed by atoms with van der Waals surface area (Å²) in [5, 5.41) is 0. The third kappa shape index (κ3) is 10.3. The summed E-state index contributed by atoms with van der Waals surface area (Å²) in [6.45, 7) is 1.23. The number of hydrogen-bond donors (Lipinski definition) is 0. The maximum Gasteiger partial charge on any atom is 0.185 e. The van der Waals surface area contributed by atoms with E-state index in [0.29, 0.717) is 24.3 Å². The van der Waals surface area contributed by atoms with Crippen molar-refractivity contribution in [3.05, 3.63) is 131 Å². The van der Waals surface area contributed by atoms with Gasteiger partial charge in [-0.25, -0.2) is 0 Å². The first-order valence-electron chi connectivity index (χ1n) is 14.7. The standard InChI is InChI=1S/C38H38O6/c1-41-35-11-7-9-29(27-35)13-23-37(39)31-15-19-33(20-16-31)43-25-5-3-4-6-26-44-34-21-17-32(18-22-34)38(40)24-14-30-10-8-12-36(28-30)42-2/h7-24,27-28H,3-6,25-26H2,1-2H3/b23-13+,24-14+. The molecule has 0 spiro atoms. The van der Waals surface area contributed by atoms with Gasteiger partial charge >= 0.3 is 0 Å². The summed E-state index contributed by atoms with van der Waals surface area (Å²) in [4.78, 5) is 25.0. The normalized spacial score (nSPS) is 11.0. The lowest BCUT2D eigenvalue weighted by atomic mass is 10.1. The predicted octanol–water partition coefficient (Wildman–Crippen LogP) is 8.51. The zero-order chi connectivity index (χ0) is 31.0. The molecule has 0 amide bonds. The molecule has 4 aromatic carbocycles. The van der Waals surface area contributed by atoms with Gasteiger partial charge in [-0.2, -0.15) is 0 Å². The summed E-state index contributed by atoms with van der Waals surface area (Å²) in [6, 6.07) is 29.6. The summed E-state index contributed by atoms with van der Waals surface area (Å²) < 4.78 is 22.1. The summed E-state index contributed by atoms with van der Waals surface area (Å²) in [5.74, 6) is 2.87.